The minimum Gasteiger partial charge on any atom is -0.342 e. The summed E-state index contributed by atoms with van der Waals surface area (Å²) in [6.07, 6.45) is 3.64. The molecule has 4 nitrogen and oxygen atoms in total. The van der Waals surface area contributed by atoms with E-state index in [2.05, 4.69) is 60.8 Å². The highest BCUT2D eigenvalue weighted by atomic mass is 32.1. The monoisotopic (exact) mass is 470 g/mol. The van der Waals surface area contributed by atoms with Crippen molar-refractivity contribution < 1.29 is 4.39 Å². The average Bonchev–Trinajstić information content (AvgIpc) is 3.56. The van der Waals surface area contributed by atoms with Crippen molar-refractivity contribution in [2.75, 3.05) is 0 Å². The molecular weight excluding hydrogens is 443 g/mol. The van der Waals surface area contributed by atoms with Crippen molar-refractivity contribution in [3.8, 4) is 33.0 Å². The van der Waals surface area contributed by atoms with Gasteiger partial charge in [-0.1, -0.05) is 45.9 Å². The number of aromatic nitrogens is 4. The van der Waals surface area contributed by atoms with E-state index in [4.69, 9.17) is 4.98 Å². The van der Waals surface area contributed by atoms with Crippen LogP contribution in [-0.2, 0) is 12.8 Å². The number of aryl methyl sites for hydroxylation is 2. The normalized spacial score (nSPS) is 13.1. The van der Waals surface area contributed by atoms with Gasteiger partial charge in [0.1, 0.15) is 17.5 Å². The molecule has 0 fully saturated rings. The van der Waals surface area contributed by atoms with E-state index in [1.54, 1.807) is 23.6 Å². The first kappa shape index (κ1) is 21.3. The van der Waals surface area contributed by atoms with E-state index in [0.717, 1.165) is 40.6 Å². The number of hydrogen-bond donors (Lipinski definition) is 2. The van der Waals surface area contributed by atoms with Gasteiger partial charge in [-0.25, -0.2) is 14.4 Å². The van der Waals surface area contributed by atoms with Gasteiger partial charge in [0.05, 0.1) is 23.3 Å². The molecule has 5 aromatic rings. The minimum atomic E-state index is -0.237. The molecule has 2 N–H and O–H groups in total. The molecule has 34 heavy (non-hydrogen) atoms. The number of imidazole rings is 2. The quantitative estimate of drug-likeness (QED) is 0.281. The van der Waals surface area contributed by atoms with Crippen LogP contribution in [0.2, 0.25) is 0 Å². The lowest BCUT2D eigenvalue weighted by Crippen LogP contribution is -2.03. The first-order valence-corrected chi connectivity index (χ1v) is 12.7. The van der Waals surface area contributed by atoms with Crippen LogP contribution in [0.4, 0.5) is 4.39 Å². The van der Waals surface area contributed by atoms with E-state index in [9.17, 15) is 0 Å². The smallest absolute Gasteiger partial charge is 0.133 e. The van der Waals surface area contributed by atoms with E-state index in [1.807, 2.05) is 12.1 Å². The van der Waals surface area contributed by atoms with E-state index in [-0.39, 0.29) is 11.7 Å². The van der Waals surface area contributed by atoms with Crippen molar-refractivity contribution in [3.63, 3.8) is 0 Å². The summed E-state index contributed by atoms with van der Waals surface area (Å²) in [5.74, 6) is 2.34. The largest absolute Gasteiger partial charge is 0.342 e. The summed E-state index contributed by atoms with van der Waals surface area (Å²) in [7, 11) is 0. The summed E-state index contributed by atoms with van der Waals surface area (Å²) in [6, 6.07) is 12.1. The lowest BCUT2D eigenvalue weighted by molar-refractivity contribution is 0.631. The van der Waals surface area contributed by atoms with Crippen LogP contribution in [0.25, 0.3) is 43.0 Å². The maximum Gasteiger partial charge on any atom is 0.133 e. The number of hydrogen-bond acceptors (Lipinski definition) is 3. The standard InChI is InChI=1S/C28H27FN4S/c1-14(2)27-30-13-23(32-27)20-8-5-16(11-21(20)29)24-12-17-6-7-18-19(26(17)34-24)9-10-22-25(18)33-28(31-22)15(3)4/h5-8,11-15H,9-10H2,1-4H3,(H,30,32)(H,31,33). The van der Waals surface area contributed by atoms with Gasteiger partial charge in [0, 0.05) is 32.5 Å². The van der Waals surface area contributed by atoms with Crippen LogP contribution in [0.3, 0.4) is 0 Å². The van der Waals surface area contributed by atoms with Gasteiger partial charge in [-0.15, -0.1) is 11.3 Å². The molecule has 0 bridgehead atoms. The lowest BCUT2D eigenvalue weighted by atomic mass is 9.91. The van der Waals surface area contributed by atoms with E-state index >= 15 is 4.39 Å². The third-order valence-electron chi connectivity index (χ3n) is 6.70. The molecular formula is C28H27FN4S. The van der Waals surface area contributed by atoms with Crippen LogP contribution >= 0.6 is 11.3 Å². The first-order valence-electron chi connectivity index (χ1n) is 11.9. The Labute approximate surface area is 202 Å². The predicted octanol–water partition coefficient (Wildman–Crippen LogP) is 7.83. The summed E-state index contributed by atoms with van der Waals surface area (Å²) >= 11 is 1.75. The summed E-state index contributed by atoms with van der Waals surface area (Å²) in [5, 5.41) is 1.21. The van der Waals surface area contributed by atoms with Crippen LogP contribution in [0.5, 0.6) is 0 Å². The minimum absolute atomic E-state index is 0.237. The van der Waals surface area contributed by atoms with Gasteiger partial charge in [0.15, 0.2) is 0 Å². The van der Waals surface area contributed by atoms with Gasteiger partial charge in [0.25, 0.3) is 0 Å². The molecule has 0 atom stereocenters. The highest BCUT2D eigenvalue weighted by Gasteiger charge is 2.24. The molecule has 0 aliphatic heterocycles. The summed E-state index contributed by atoms with van der Waals surface area (Å²) < 4.78 is 16.4. The van der Waals surface area contributed by atoms with Gasteiger partial charge in [-0.3, -0.25) is 0 Å². The Balaban J connectivity index is 1.39. The van der Waals surface area contributed by atoms with Crippen LogP contribution < -0.4 is 0 Å². The van der Waals surface area contributed by atoms with Crippen molar-refractivity contribution in [1.82, 2.24) is 19.9 Å². The fraction of sp³-hybridized carbons (Fsp3) is 0.286. The summed E-state index contributed by atoms with van der Waals surface area (Å²) in [4.78, 5) is 17.1. The molecule has 6 heteroatoms. The van der Waals surface area contributed by atoms with Crippen molar-refractivity contribution in [1.29, 1.82) is 0 Å². The topological polar surface area (TPSA) is 57.4 Å². The molecule has 172 valence electrons. The van der Waals surface area contributed by atoms with Crippen molar-refractivity contribution in [2.24, 2.45) is 0 Å². The van der Waals surface area contributed by atoms with Crippen molar-refractivity contribution in [3.05, 3.63) is 71.3 Å². The Hall–Kier alpha value is -3.25. The van der Waals surface area contributed by atoms with Gasteiger partial charge in [-0.2, -0.15) is 0 Å². The van der Waals surface area contributed by atoms with Crippen LogP contribution in [0.15, 0.2) is 42.6 Å². The molecule has 1 aliphatic rings. The zero-order valence-electron chi connectivity index (χ0n) is 19.8. The molecule has 3 aromatic heterocycles. The van der Waals surface area contributed by atoms with Crippen molar-refractivity contribution in [2.45, 2.75) is 52.4 Å². The van der Waals surface area contributed by atoms with E-state index in [0.29, 0.717) is 17.2 Å². The average molecular weight is 471 g/mol. The zero-order valence-corrected chi connectivity index (χ0v) is 20.6. The summed E-state index contributed by atoms with van der Waals surface area (Å²) in [6.45, 7) is 8.47. The Kier molecular flexibility index (Phi) is 4.96. The number of nitrogens with zero attached hydrogens (tertiary/aromatic N) is 2. The van der Waals surface area contributed by atoms with Crippen LogP contribution in [0.1, 0.15) is 62.4 Å². The molecule has 1 aliphatic carbocycles. The van der Waals surface area contributed by atoms with Crippen molar-refractivity contribution >= 4 is 21.4 Å². The number of halogens is 1. The number of rotatable bonds is 4. The van der Waals surface area contributed by atoms with Gasteiger partial charge in [-0.05, 0) is 47.6 Å². The second-order valence-electron chi connectivity index (χ2n) is 9.75. The number of nitrogens with one attached hydrogen (secondary N) is 2. The predicted molar refractivity (Wildman–Crippen MR) is 138 cm³/mol. The molecule has 0 unspecified atom stereocenters. The maximum atomic E-state index is 15.1. The first-order chi connectivity index (χ1) is 16.4. The third kappa shape index (κ3) is 3.40. The van der Waals surface area contributed by atoms with E-state index < -0.39 is 0 Å². The Bertz CT molecular complexity index is 1540. The van der Waals surface area contributed by atoms with Gasteiger partial charge < -0.3 is 9.97 Å². The van der Waals surface area contributed by atoms with Crippen LogP contribution in [0, 0.1) is 5.82 Å². The Morgan fingerprint density at radius 1 is 0.912 bits per heavy atom. The second-order valence-corrected chi connectivity index (χ2v) is 10.8. The van der Waals surface area contributed by atoms with Crippen LogP contribution in [-0.4, -0.2) is 19.9 Å². The lowest BCUT2D eigenvalue weighted by Gasteiger charge is -2.15. The summed E-state index contributed by atoms with van der Waals surface area (Å²) in [5.41, 5.74) is 7.13. The number of benzene rings is 2. The number of H-pyrrole nitrogens is 2. The van der Waals surface area contributed by atoms with Gasteiger partial charge >= 0.3 is 0 Å². The Morgan fingerprint density at radius 3 is 2.44 bits per heavy atom. The molecule has 0 saturated heterocycles. The molecule has 3 heterocycles. The number of fused-ring (bicyclic) bond motifs is 5. The zero-order chi connectivity index (χ0) is 23.6. The molecule has 6 rings (SSSR count). The van der Waals surface area contributed by atoms with E-state index in [1.165, 1.54) is 26.9 Å². The molecule has 2 aromatic carbocycles. The third-order valence-corrected chi connectivity index (χ3v) is 7.96. The fourth-order valence-corrected chi connectivity index (χ4v) is 6.02. The number of aromatic amines is 2. The molecule has 0 amide bonds. The maximum absolute atomic E-state index is 15.1. The molecule has 0 saturated carbocycles. The second kappa shape index (κ2) is 7.91. The fourth-order valence-electron chi connectivity index (χ4n) is 4.79. The molecule has 0 spiro atoms. The highest BCUT2D eigenvalue weighted by Crippen LogP contribution is 2.43. The molecule has 0 radical (unpaired) electrons. The highest BCUT2D eigenvalue weighted by molar-refractivity contribution is 7.22. The van der Waals surface area contributed by atoms with Gasteiger partial charge in [0.2, 0.25) is 0 Å². The Morgan fingerprint density at radius 2 is 1.71 bits per heavy atom. The SMILES string of the molecule is CC(C)c1ncc(-c2ccc(-c3cc4ccc5c(c4s3)CCc3nc(C(C)C)[nH]c3-5)cc2F)[nH]1. The number of thiophene rings is 1.